The zero-order valence-corrected chi connectivity index (χ0v) is 12.1. The molecule has 0 aliphatic heterocycles. The van der Waals surface area contributed by atoms with Crippen molar-refractivity contribution in [2.24, 2.45) is 0 Å². The average Bonchev–Trinajstić information content (AvgIpc) is 2.70. The van der Waals surface area contributed by atoms with Crippen LogP contribution in [0.15, 0.2) is 29.2 Å². The average molecular weight is 306 g/mol. The van der Waals surface area contributed by atoms with Crippen LogP contribution in [0.1, 0.15) is 4.88 Å². The molecule has 0 aliphatic carbocycles. The minimum absolute atomic E-state index is 0.352. The van der Waals surface area contributed by atoms with Crippen molar-refractivity contribution in [3.63, 3.8) is 0 Å². The van der Waals surface area contributed by atoms with Gasteiger partial charge in [0.1, 0.15) is 10.9 Å². The molecule has 0 bridgehead atoms. The third-order valence-electron chi connectivity index (χ3n) is 2.02. The van der Waals surface area contributed by atoms with Crippen LogP contribution in [0.2, 0.25) is 5.15 Å². The van der Waals surface area contributed by atoms with Crippen molar-refractivity contribution in [1.82, 2.24) is 4.98 Å². The van der Waals surface area contributed by atoms with Crippen molar-refractivity contribution in [3.05, 3.63) is 34.3 Å². The number of thioether (sulfide) groups is 1. The number of hydrogen-bond donors (Lipinski definition) is 0. The molecule has 90 valence electrons. The number of nitrogens with zero attached hydrogens (tertiary/aromatic N) is 1. The first-order valence-electron chi connectivity index (χ1n) is 4.76. The molecule has 17 heavy (non-hydrogen) atoms. The monoisotopic (exact) mass is 305 g/mol. The number of halogens is 2. The van der Waals surface area contributed by atoms with Crippen LogP contribution >= 0.6 is 46.3 Å². The summed E-state index contributed by atoms with van der Waals surface area (Å²) in [5.41, 5.74) is 0. The summed E-state index contributed by atoms with van der Waals surface area (Å²) in [6.45, 7) is 0. The van der Waals surface area contributed by atoms with Gasteiger partial charge in [-0.25, -0.2) is 0 Å². The van der Waals surface area contributed by atoms with Gasteiger partial charge in [0, 0.05) is 4.90 Å². The van der Waals surface area contributed by atoms with Gasteiger partial charge in [-0.3, -0.25) is 0 Å². The van der Waals surface area contributed by atoms with Crippen molar-refractivity contribution in [3.8, 4) is 10.9 Å². The van der Waals surface area contributed by atoms with Gasteiger partial charge in [0.2, 0.25) is 0 Å². The number of alkyl halides is 1. The molecule has 1 aromatic heterocycles. The Kier molecular flexibility index (Phi) is 4.56. The highest BCUT2D eigenvalue weighted by atomic mass is 35.5. The smallest absolute Gasteiger partial charge is 0.280 e. The summed E-state index contributed by atoms with van der Waals surface area (Å²) in [5.74, 6) is 1.10. The molecular formula is C11H9Cl2NOS2. The van der Waals surface area contributed by atoms with E-state index in [2.05, 4.69) is 4.98 Å². The highest BCUT2D eigenvalue weighted by Crippen LogP contribution is 2.33. The van der Waals surface area contributed by atoms with E-state index in [-0.39, 0.29) is 0 Å². The lowest BCUT2D eigenvalue weighted by molar-refractivity contribution is 0.478. The van der Waals surface area contributed by atoms with E-state index < -0.39 is 0 Å². The molecule has 0 fully saturated rings. The van der Waals surface area contributed by atoms with Crippen LogP contribution in [0.5, 0.6) is 10.9 Å². The van der Waals surface area contributed by atoms with E-state index in [0.29, 0.717) is 16.2 Å². The van der Waals surface area contributed by atoms with Gasteiger partial charge in [0.05, 0.1) is 10.8 Å². The van der Waals surface area contributed by atoms with Gasteiger partial charge in [0.15, 0.2) is 0 Å². The minimum Gasteiger partial charge on any atom is -0.431 e. The molecule has 0 saturated heterocycles. The van der Waals surface area contributed by atoms with E-state index in [1.807, 2.05) is 30.5 Å². The van der Waals surface area contributed by atoms with Crippen molar-refractivity contribution < 1.29 is 4.74 Å². The second kappa shape index (κ2) is 5.96. The number of aromatic nitrogens is 1. The summed E-state index contributed by atoms with van der Waals surface area (Å²) < 4.78 is 5.60. The van der Waals surface area contributed by atoms with Gasteiger partial charge in [-0.15, -0.1) is 23.4 Å². The Labute approximate surface area is 118 Å². The van der Waals surface area contributed by atoms with Crippen LogP contribution in [-0.4, -0.2) is 11.2 Å². The molecular weight excluding hydrogens is 297 g/mol. The molecule has 6 heteroatoms. The van der Waals surface area contributed by atoms with Gasteiger partial charge >= 0.3 is 0 Å². The fourth-order valence-corrected chi connectivity index (χ4v) is 2.93. The van der Waals surface area contributed by atoms with Gasteiger partial charge in [-0.2, -0.15) is 4.98 Å². The molecule has 0 amide bonds. The van der Waals surface area contributed by atoms with Crippen LogP contribution in [-0.2, 0) is 5.88 Å². The summed E-state index contributed by atoms with van der Waals surface area (Å²) in [5, 5.41) is 0.934. The lowest BCUT2D eigenvalue weighted by atomic mass is 10.3. The van der Waals surface area contributed by atoms with Crippen molar-refractivity contribution >= 4 is 46.3 Å². The zero-order valence-electron chi connectivity index (χ0n) is 8.94. The number of ether oxygens (including phenoxy) is 1. The van der Waals surface area contributed by atoms with E-state index in [1.54, 1.807) is 11.8 Å². The molecule has 0 saturated carbocycles. The summed E-state index contributed by atoms with van der Waals surface area (Å²) in [6.07, 6.45) is 2.03. The Morgan fingerprint density at radius 3 is 2.59 bits per heavy atom. The fraction of sp³-hybridized carbons (Fsp3) is 0.182. The maximum atomic E-state index is 5.89. The zero-order chi connectivity index (χ0) is 12.3. The second-order valence-electron chi connectivity index (χ2n) is 3.10. The van der Waals surface area contributed by atoms with Crippen LogP contribution < -0.4 is 4.74 Å². The van der Waals surface area contributed by atoms with Crippen molar-refractivity contribution in [2.75, 3.05) is 6.26 Å². The predicted octanol–water partition coefficient (Wildman–Crippen LogP) is 5.05. The largest absolute Gasteiger partial charge is 0.431 e. The fourth-order valence-electron chi connectivity index (χ4n) is 1.18. The molecule has 0 spiro atoms. The Balaban J connectivity index is 2.13. The first-order chi connectivity index (χ1) is 8.22. The second-order valence-corrected chi connectivity index (χ2v) is 5.66. The number of hydrogen-bond acceptors (Lipinski definition) is 4. The molecule has 0 unspecified atom stereocenters. The highest BCUT2D eigenvalue weighted by Gasteiger charge is 2.09. The van der Waals surface area contributed by atoms with Crippen molar-refractivity contribution in [2.45, 2.75) is 10.8 Å². The van der Waals surface area contributed by atoms with Crippen LogP contribution in [0.4, 0.5) is 0 Å². The summed E-state index contributed by atoms with van der Waals surface area (Å²) in [4.78, 5) is 6.11. The molecule has 2 nitrogen and oxygen atoms in total. The molecule has 2 aromatic rings. The van der Waals surface area contributed by atoms with Gasteiger partial charge in [0.25, 0.3) is 5.19 Å². The molecule has 0 radical (unpaired) electrons. The molecule has 1 aromatic carbocycles. The van der Waals surface area contributed by atoms with E-state index in [4.69, 9.17) is 27.9 Å². The summed E-state index contributed by atoms with van der Waals surface area (Å²) in [6, 6.07) is 7.80. The molecule has 0 aliphatic rings. The minimum atomic E-state index is 0.352. The van der Waals surface area contributed by atoms with E-state index in [1.165, 1.54) is 16.2 Å². The van der Waals surface area contributed by atoms with Gasteiger partial charge < -0.3 is 4.74 Å². The van der Waals surface area contributed by atoms with E-state index in [0.717, 1.165) is 10.6 Å². The Bertz CT molecular complexity index is 499. The van der Waals surface area contributed by atoms with Crippen LogP contribution in [0.3, 0.4) is 0 Å². The molecule has 1 heterocycles. The first-order valence-corrected chi connectivity index (χ1v) is 7.71. The van der Waals surface area contributed by atoms with Crippen LogP contribution in [0, 0.1) is 0 Å². The molecule has 2 rings (SSSR count). The lowest BCUT2D eigenvalue weighted by Gasteiger charge is -2.01. The van der Waals surface area contributed by atoms with Crippen molar-refractivity contribution in [1.29, 1.82) is 0 Å². The lowest BCUT2D eigenvalue weighted by Crippen LogP contribution is -1.82. The summed E-state index contributed by atoms with van der Waals surface area (Å²) >= 11 is 14.7. The number of thiazole rings is 1. The van der Waals surface area contributed by atoms with Gasteiger partial charge in [-0.1, -0.05) is 22.9 Å². The van der Waals surface area contributed by atoms with Crippen LogP contribution in [0.25, 0.3) is 0 Å². The standard InChI is InChI=1S/C11H9Cl2NOS2/c1-16-8-4-2-7(3-5-8)15-11-14-10(13)9(6-12)17-11/h2-5H,6H2,1H3. The SMILES string of the molecule is CSc1ccc(Oc2nc(Cl)c(CCl)s2)cc1. The molecule has 0 N–H and O–H groups in total. The third kappa shape index (κ3) is 3.28. The van der Waals surface area contributed by atoms with E-state index >= 15 is 0 Å². The summed E-state index contributed by atoms with van der Waals surface area (Å²) in [7, 11) is 0. The third-order valence-corrected chi connectivity index (χ3v) is 4.54. The van der Waals surface area contributed by atoms with E-state index in [9.17, 15) is 0 Å². The highest BCUT2D eigenvalue weighted by molar-refractivity contribution is 7.98. The Morgan fingerprint density at radius 2 is 2.06 bits per heavy atom. The van der Waals surface area contributed by atoms with Gasteiger partial charge in [-0.05, 0) is 30.5 Å². The number of benzene rings is 1. The quantitative estimate of drug-likeness (QED) is 0.583. The Hall–Kier alpha value is -0.420. The molecule has 0 atom stereocenters. The maximum Gasteiger partial charge on any atom is 0.280 e. The number of rotatable bonds is 4. The Morgan fingerprint density at radius 1 is 1.35 bits per heavy atom. The maximum absolute atomic E-state index is 5.89. The topological polar surface area (TPSA) is 22.1 Å². The predicted molar refractivity (Wildman–Crippen MR) is 75.0 cm³/mol. The normalized spacial score (nSPS) is 10.5. The first kappa shape index (κ1) is 13.0.